The van der Waals surface area contributed by atoms with E-state index in [1.54, 1.807) is 12.1 Å². The molecule has 2 heterocycles. The van der Waals surface area contributed by atoms with E-state index in [0.29, 0.717) is 15.8 Å². The minimum Gasteiger partial charge on any atom is -0.324 e. The maximum atomic E-state index is 13.3. The minimum atomic E-state index is -0.340. The molecule has 5 nitrogen and oxygen atoms in total. The van der Waals surface area contributed by atoms with Gasteiger partial charge in [0, 0.05) is 16.6 Å². The van der Waals surface area contributed by atoms with Gasteiger partial charge >= 0.3 is 0 Å². The van der Waals surface area contributed by atoms with Crippen LogP contribution in [0.4, 0.5) is 10.1 Å². The average Bonchev–Trinajstić information content (AvgIpc) is 3.21. The van der Waals surface area contributed by atoms with E-state index in [1.165, 1.54) is 34.4 Å². The summed E-state index contributed by atoms with van der Waals surface area (Å²) in [5.74, 6) is -0.146. The van der Waals surface area contributed by atoms with Crippen molar-refractivity contribution in [2.75, 3.05) is 5.32 Å². The Morgan fingerprint density at radius 1 is 1.06 bits per heavy atom. The number of nitrogens with zero attached hydrogens (tertiary/aromatic N) is 2. The Kier molecular flexibility index (Phi) is 6.42. The topological polar surface area (TPSA) is 64.0 Å². The summed E-state index contributed by atoms with van der Waals surface area (Å²) in [6.45, 7) is 8.20. The first-order valence-electron chi connectivity index (χ1n) is 10.9. The molecule has 0 saturated carbocycles. The molecule has 2 aromatic heterocycles. The average molecular weight is 464 g/mol. The third kappa shape index (κ3) is 4.59. The first-order valence-corrected chi connectivity index (χ1v) is 11.8. The van der Waals surface area contributed by atoms with Gasteiger partial charge in [-0.25, -0.2) is 9.37 Å². The van der Waals surface area contributed by atoms with Gasteiger partial charge < -0.3 is 5.32 Å². The number of carbonyl (C=O) groups is 1. The van der Waals surface area contributed by atoms with E-state index in [-0.39, 0.29) is 35.7 Å². The molecule has 170 valence electrons. The number of anilines is 1. The monoisotopic (exact) mass is 463 g/mol. The van der Waals surface area contributed by atoms with E-state index in [0.717, 1.165) is 22.4 Å². The second-order valence-electron chi connectivity index (χ2n) is 8.68. The quantitative estimate of drug-likeness (QED) is 0.373. The number of halogens is 1. The second kappa shape index (κ2) is 9.27. The fourth-order valence-electron chi connectivity index (χ4n) is 3.95. The fraction of sp³-hybridized carbons (Fsp3) is 0.269. The molecule has 0 fully saturated rings. The van der Waals surface area contributed by atoms with Gasteiger partial charge in [-0.15, -0.1) is 11.3 Å². The molecule has 1 N–H and O–H groups in total. The standard InChI is InChI=1S/C26H26FN3O2S/c1-15(2)19-6-5-7-20(16(3)4)24(19)29-22(31)12-30-14-28-25-23(26(30)32)21(13-33-25)17-8-10-18(27)11-9-17/h5-11,13-16H,12H2,1-4H3,(H,29,31). The lowest BCUT2D eigenvalue weighted by Crippen LogP contribution is -2.28. The van der Waals surface area contributed by atoms with Gasteiger partial charge in [0.15, 0.2) is 0 Å². The summed E-state index contributed by atoms with van der Waals surface area (Å²) >= 11 is 1.35. The Morgan fingerprint density at radius 2 is 1.70 bits per heavy atom. The van der Waals surface area contributed by atoms with Gasteiger partial charge in [-0.3, -0.25) is 14.2 Å². The highest BCUT2D eigenvalue weighted by Crippen LogP contribution is 2.33. The molecule has 4 rings (SSSR count). The molecular weight excluding hydrogens is 437 g/mol. The number of aromatic nitrogens is 2. The van der Waals surface area contributed by atoms with Gasteiger partial charge in [-0.1, -0.05) is 58.0 Å². The Labute approximate surface area is 195 Å². The minimum absolute atomic E-state index is 0.148. The second-order valence-corrected chi connectivity index (χ2v) is 9.54. The van der Waals surface area contributed by atoms with Crippen molar-refractivity contribution in [1.29, 1.82) is 0 Å². The third-order valence-electron chi connectivity index (χ3n) is 5.67. The number of benzene rings is 2. The summed E-state index contributed by atoms with van der Waals surface area (Å²) < 4.78 is 14.7. The van der Waals surface area contributed by atoms with Crippen LogP contribution in [0.5, 0.6) is 0 Å². The van der Waals surface area contributed by atoms with Crippen LogP contribution >= 0.6 is 11.3 Å². The summed E-state index contributed by atoms with van der Waals surface area (Å²) in [5, 5.41) is 5.32. The van der Waals surface area contributed by atoms with E-state index in [1.807, 2.05) is 23.6 Å². The van der Waals surface area contributed by atoms with Crippen LogP contribution in [0.3, 0.4) is 0 Å². The molecule has 0 saturated heterocycles. The first-order chi connectivity index (χ1) is 15.8. The predicted molar refractivity (Wildman–Crippen MR) is 133 cm³/mol. The SMILES string of the molecule is CC(C)c1cccc(C(C)C)c1NC(=O)Cn1cnc2scc(-c3ccc(F)cc3)c2c1=O. The summed E-state index contributed by atoms with van der Waals surface area (Å²) in [4.78, 5) is 31.2. The highest BCUT2D eigenvalue weighted by atomic mass is 32.1. The lowest BCUT2D eigenvalue weighted by atomic mass is 9.92. The zero-order valence-corrected chi connectivity index (χ0v) is 19.9. The van der Waals surface area contributed by atoms with Gasteiger partial charge in [0.2, 0.25) is 5.91 Å². The third-order valence-corrected chi connectivity index (χ3v) is 6.55. The van der Waals surface area contributed by atoms with Crippen molar-refractivity contribution < 1.29 is 9.18 Å². The number of carbonyl (C=O) groups excluding carboxylic acids is 1. The van der Waals surface area contributed by atoms with Gasteiger partial charge in [-0.2, -0.15) is 0 Å². The van der Waals surface area contributed by atoms with Crippen LogP contribution in [0.15, 0.2) is 59.0 Å². The molecule has 0 unspecified atom stereocenters. The van der Waals surface area contributed by atoms with E-state index < -0.39 is 0 Å². The molecule has 0 bridgehead atoms. The Hall–Kier alpha value is -3.32. The van der Waals surface area contributed by atoms with Crippen molar-refractivity contribution >= 4 is 33.1 Å². The molecule has 0 spiro atoms. The highest BCUT2D eigenvalue weighted by molar-refractivity contribution is 7.17. The number of hydrogen-bond donors (Lipinski definition) is 1. The number of nitrogens with one attached hydrogen (secondary N) is 1. The van der Waals surface area contributed by atoms with Crippen molar-refractivity contribution in [3.05, 3.63) is 81.5 Å². The number of amides is 1. The Morgan fingerprint density at radius 3 is 2.30 bits per heavy atom. The maximum Gasteiger partial charge on any atom is 0.263 e. The fourth-order valence-corrected chi connectivity index (χ4v) is 4.86. The van der Waals surface area contributed by atoms with E-state index >= 15 is 0 Å². The highest BCUT2D eigenvalue weighted by Gasteiger charge is 2.18. The van der Waals surface area contributed by atoms with Crippen LogP contribution in [0.2, 0.25) is 0 Å². The van der Waals surface area contributed by atoms with Crippen molar-refractivity contribution in [2.24, 2.45) is 0 Å². The van der Waals surface area contributed by atoms with Crippen LogP contribution < -0.4 is 10.9 Å². The molecule has 4 aromatic rings. The van der Waals surface area contributed by atoms with Crippen LogP contribution in [-0.4, -0.2) is 15.5 Å². The van der Waals surface area contributed by atoms with Gasteiger partial charge in [0.05, 0.1) is 11.7 Å². The van der Waals surface area contributed by atoms with E-state index in [2.05, 4.69) is 38.0 Å². The van der Waals surface area contributed by atoms with Crippen molar-refractivity contribution in [1.82, 2.24) is 9.55 Å². The number of thiophene rings is 1. The normalized spacial score (nSPS) is 11.5. The van der Waals surface area contributed by atoms with Crippen LogP contribution in [0, 0.1) is 5.82 Å². The zero-order valence-electron chi connectivity index (χ0n) is 19.1. The number of hydrogen-bond acceptors (Lipinski definition) is 4. The predicted octanol–water partition coefficient (Wildman–Crippen LogP) is 6.15. The molecule has 0 radical (unpaired) electrons. The summed E-state index contributed by atoms with van der Waals surface area (Å²) in [7, 11) is 0. The zero-order chi connectivity index (χ0) is 23.7. The molecule has 0 aliphatic rings. The molecule has 1 amide bonds. The van der Waals surface area contributed by atoms with E-state index in [4.69, 9.17) is 0 Å². The first kappa shape index (κ1) is 22.9. The van der Waals surface area contributed by atoms with Gasteiger partial charge in [0.25, 0.3) is 5.56 Å². The van der Waals surface area contributed by atoms with Crippen molar-refractivity contribution in [3.63, 3.8) is 0 Å². The Balaban J connectivity index is 1.67. The summed E-state index contributed by atoms with van der Waals surface area (Å²) in [5.41, 5.74) is 4.07. The lowest BCUT2D eigenvalue weighted by Gasteiger charge is -2.20. The smallest absolute Gasteiger partial charge is 0.263 e. The summed E-state index contributed by atoms with van der Waals surface area (Å²) in [6.07, 6.45) is 1.41. The van der Waals surface area contributed by atoms with Crippen LogP contribution in [0.25, 0.3) is 21.3 Å². The number of fused-ring (bicyclic) bond motifs is 1. The maximum absolute atomic E-state index is 13.3. The largest absolute Gasteiger partial charge is 0.324 e. The summed E-state index contributed by atoms with van der Waals surface area (Å²) in [6, 6.07) is 12.0. The van der Waals surface area contributed by atoms with Crippen molar-refractivity contribution in [3.8, 4) is 11.1 Å². The van der Waals surface area contributed by atoms with Crippen molar-refractivity contribution in [2.45, 2.75) is 46.1 Å². The van der Waals surface area contributed by atoms with Crippen LogP contribution in [-0.2, 0) is 11.3 Å². The molecule has 33 heavy (non-hydrogen) atoms. The molecule has 0 atom stereocenters. The molecular formula is C26H26FN3O2S. The molecule has 0 aliphatic carbocycles. The van der Waals surface area contributed by atoms with Crippen LogP contribution in [0.1, 0.15) is 50.7 Å². The Bertz CT molecular complexity index is 1340. The van der Waals surface area contributed by atoms with Gasteiger partial charge in [0.1, 0.15) is 17.2 Å². The van der Waals surface area contributed by atoms with Gasteiger partial charge in [-0.05, 0) is 40.7 Å². The molecule has 0 aliphatic heterocycles. The van der Waals surface area contributed by atoms with E-state index in [9.17, 15) is 14.0 Å². The number of rotatable bonds is 6. The molecule has 7 heteroatoms. The number of para-hydroxylation sites is 1. The molecule has 2 aromatic carbocycles. The lowest BCUT2D eigenvalue weighted by molar-refractivity contribution is -0.116.